The summed E-state index contributed by atoms with van der Waals surface area (Å²) in [6.45, 7) is 0.283. The summed E-state index contributed by atoms with van der Waals surface area (Å²) in [5.74, 6) is -0.429. The fourth-order valence-electron chi connectivity index (χ4n) is 2.13. The third kappa shape index (κ3) is 0.837. The Balaban J connectivity index is 1.95. The molecule has 3 rings (SSSR count). The van der Waals surface area contributed by atoms with Crippen LogP contribution in [0.4, 0.5) is 0 Å². The number of carbonyl (C=O) groups is 1. The zero-order valence-electron chi connectivity index (χ0n) is 6.80. The fourth-order valence-corrected chi connectivity index (χ4v) is 2.13. The Bertz CT molecular complexity index is 301. The van der Waals surface area contributed by atoms with Crippen LogP contribution in [0.5, 0.6) is 0 Å². The summed E-state index contributed by atoms with van der Waals surface area (Å²) in [7, 11) is 0. The highest BCUT2D eigenvalue weighted by Gasteiger charge is 2.55. The van der Waals surface area contributed by atoms with Crippen LogP contribution in [-0.2, 0) is 19.0 Å². The smallest absolute Gasteiger partial charge is 0.247 e. The SMILES string of the molecule is NC(=O)C1=CC2OC1C1OCOC21. The molecule has 70 valence electrons. The van der Waals surface area contributed by atoms with Crippen LogP contribution in [0.15, 0.2) is 11.6 Å². The summed E-state index contributed by atoms with van der Waals surface area (Å²) in [6, 6.07) is 0. The van der Waals surface area contributed by atoms with Crippen LogP contribution >= 0.6 is 0 Å². The van der Waals surface area contributed by atoms with Gasteiger partial charge in [0.1, 0.15) is 31.2 Å². The van der Waals surface area contributed by atoms with Crippen molar-refractivity contribution in [2.45, 2.75) is 24.4 Å². The molecule has 0 aromatic carbocycles. The number of amides is 1. The van der Waals surface area contributed by atoms with E-state index in [0.29, 0.717) is 5.57 Å². The average molecular weight is 183 g/mol. The summed E-state index contributed by atoms with van der Waals surface area (Å²) in [6.07, 6.45) is 1.09. The van der Waals surface area contributed by atoms with E-state index < -0.39 is 5.91 Å². The zero-order chi connectivity index (χ0) is 9.00. The van der Waals surface area contributed by atoms with Gasteiger partial charge in [-0.15, -0.1) is 0 Å². The molecule has 2 N–H and O–H groups in total. The topological polar surface area (TPSA) is 70.8 Å². The van der Waals surface area contributed by atoms with Gasteiger partial charge in [-0.1, -0.05) is 0 Å². The van der Waals surface area contributed by atoms with Gasteiger partial charge in [0, 0.05) is 5.57 Å². The van der Waals surface area contributed by atoms with Gasteiger partial charge >= 0.3 is 0 Å². The molecular weight excluding hydrogens is 174 g/mol. The van der Waals surface area contributed by atoms with Gasteiger partial charge in [0.15, 0.2) is 0 Å². The molecule has 0 spiro atoms. The molecule has 3 aliphatic heterocycles. The van der Waals surface area contributed by atoms with E-state index in [-0.39, 0.29) is 31.2 Å². The molecular formula is C8H9NO4. The second kappa shape index (κ2) is 2.31. The minimum Gasteiger partial charge on any atom is -0.366 e. The van der Waals surface area contributed by atoms with Crippen molar-refractivity contribution in [2.24, 2.45) is 5.73 Å². The molecule has 3 heterocycles. The van der Waals surface area contributed by atoms with E-state index in [0.717, 1.165) is 0 Å². The van der Waals surface area contributed by atoms with Crippen molar-refractivity contribution in [2.75, 3.05) is 6.79 Å². The lowest BCUT2D eigenvalue weighted by Crippen LogP contribution is -2.37. The molecule has 0 saturated carbocycles. The lowest BCUT2D eigenvalue weighted by molar-refractivity contribution is -0.116. The Labute approximate surface area is 74.4 Å². The van der Waals surface area contributed by atoms with Crippen LogP contribution in [0, 0.1) is 0 Å². The van der Waals surface area contributed by atoms with Crippen molar-refractivity contribution in [3.8, 4) is 0 Å². The maximum absolute atomic E-state index is 11.0. The number of nitrogens with two attached hydrogens (primary N) is 1. The minimum absolute atomic E-state index is 0.0481. The fraction of sp³-hybridized carbons (Fsp3) is 0.625. The summed E-state index contributed by atoms with van der Waals surface area (Å²) in [5.41, 5.74) is 5.71. The van der Waals surface area contributed by atoms with Crippen molar-refractivity contribution in [1.82, 2.24) is 0 Å². The molecule has 2 bridgehead atoms. The first kappa shape index (κ1) is 7.49. The number of ether oxygens (including phenoxy) is 3. The largest absolute Gasteiger partial charge is 0.366 e. The maximum Gasteiger partial charge on any atom is 0.247 e. The molecule has 0 aromatic heterocycles. The number of fused-ring (bicyclic) bond motifs is 5. The van der Waals surface area contributed by atoms with E-state index in [9.17, 15) is 4.79 Å². The molecule has 3 aliphatic rings. The van der Waals surface area contributed by atoms with Gasteiger partial charge < -0.3 is 19.9 Å². The van der Waals surface area contributed by atoms with Gasteiger partial charge in [-0.2, -0.15) is 0 Å². The summed E-state index contributed by atoms with van der Waals surface area (Å²) >= 11 is 0. The lowest BCUT2D eigenvalue weighted by atomic mass is 9.94. The van der Waals surface area contributed by atoms with Crippen LogP contribution in [0.3, 0.4) is 0 Å². The highest BCUT2D eigenvalue weighted by atomic mass is 16.7. The van der Waals surface area contributed by atoms with Gasteiger partial charge in [-0.25, -0.2) is 0 Å². The van der Waals surface area contributed by atoms with Crippen molar-refractivity contribution < 1.29 is 19.0 Å². The molecule has 5 heteroatoms. The zero-order valence-corrected chi connectivity index (χ0v) is 6.80. The predicted octanol–water partition coefficient (Wildman–Crippen LogP) is -1.08. The van der Waals surface area contributed by atoms with Crippen LogP contribution in [-0.4, -0.2) is 37.1 Å². The summed E-state index contributed by atoms with van der Waals surface area (Å²) < 4.78 is 16.1. The quantitative estimate of drug-likeness (QED) is 0.561. The number of rotatable bonds is 1. The molecule has 0 aliphatic carbocycles. The number of hydrogen-bond donors (Lipinski definition) is 1. The number of primary amides is 1. The average Bonchev–Trinajstić information content (AvgIpc) is 2.75. The molecule has 2 fully saturated rings. The van der Waals surface area contributed by atoms with Gasteiger partial charge in [0.2, 0.25) is 5.91 Å². The molecule has 5 nitrogen and oxygen atoms in total. The van der Waals surface area contributed by atoms with Gasteiger partial charge in [0.25, 0.3) is 0 Å². The van der Waals surface area contributed by atoms with E-state index in [2.05, 4.69) is 0 Å². The minimum atomic E-state index is -0.429. The number of hydrogen-bond acceptors (Lipinski definition) is 4. The van der Waals surface area contributed by atoms with Crippen molar-refractivity contribution in [3.63, 3.8) is 0 Å². The lowest BCUT2D eigenvalue weighted by Gasteiger charge is -2.16. The first-order chi connectivity index (χ1) is 6.27. The highest BCUT2D eigenvalue weighted by molar-refractivity contribution is 5.94. The molecule has 13 heavy (non-hydrogen) atoms. The van der Waals surface area contributed by atoms with E-state index >= 15 is 0 Å². The van der Waals surface area contributed by atoms with Crippen LogP contribution in [0.25, 0.3) is 0 Å². The Hall–Kier alpha value is -0.910. The van der Waals surface area contributed by atoms with Crippen LogP contribution in [0.1, 0.15) is 0 Å². The Morgan fingerprint density at radius 3 is 3.00 bits per heavy atom. The van der Waals surface area contributed by atoms with Crippen molar-refractivity contribution in [1.29, 1.82) is 0 Å². The van der Waals surface area contributed by atoms with E-state index in [1.165, 1.54) is 0 Å². The first-order valence-electron chi connectivity index (χ1n) is 4.17. The first-order valence-corrected chi connectivity index (χ1v) is 4.17. The molecule has 2 saturated heterocycles. The van der Waals surface area contributed by atoms with Crippen LogP contribution in [0.2, 0.25) is 0 Å². The Morgan fingerprint density at radius 2 is 2.23 bits per heavy atom. The standard InChI is InChI=1S/C8H9NO4/c9-8(10)3-1-4-6-7(5(3)13-4)12-2-11-6/h1,4-7H,2H2,(H2,9,10). The second-order valence-corrected chi connectivity index (χ2v) is 3.39. The van der Waals surface area contributed by atoms with E-state index in [4.69, 9.17) is 19.9 Å². The normalized spacial score (nSPS) is 46.3. The van der Waals surface area contributed by atoms with Gasteiger partial charge in [0.05, 0.1) is 0 Å². The molecule has 4 atom stereocenters. The Kier molecular flexibility index (Phi) is 1.33. The van der Waals surface area contributed by atoms with Gasteiger partial charge in [-0.05, 0) is 6.08 Å². The van der Waals surface area contributed by atoms with Crippen molar-refractivity contribution in [3.05, 3.63) is 11.6 Å². The Morgan fingerprint density at radius 1 is 1.46 bits per heavy atom. The monoisotopic (exact) mass is 183 g/mol. The van der Waals surface area contributed by atoms with E-state index in [1.807, 2.05) is 0 Å². The molecule has 0 radical (unpaired) electrons. The van der Waals surface area contributed by atoms with E-state index in [1.54, 1.807) is 6.08 Å². The molecule has 1 amide bonds. The van der Waals surface area contributed by atoms with Crippen molar-refractivity contribution >= 4 is 5.91 Å². The highest BCUT2D eigenvalue weighted by Crippen LogP contribution is 2.40. The predicted molar refractivity (Wildman–Crippen MR) is 40.6 cm³/mol. The summed E-state index contributed by atoms with van der Waals surface area (Å²) in [5, 5.41) is 0. The third-order valence-electron chi connectivity index (χ3n) is 2.71. The second-order valence-electron chi connectivity index (χ2n) is 3.39. The van der Waals surface area contributed by atoms with Crippen LogP contribution < -0.4 is 5.73 Å². The summed E-state index contributed by atoms with van der Waals surface area (Å²) in [4.78, 5) is 11.0. The molecule has 4 unspecified atom stereocenters. The van der Waals surface area contributed by atoms with Gasteiger partial charge in [-0.3, -0.25) is 4.79 Å². The third-order valence-corrected chi connectivity index (χ3v) is 2.71. The molecule has 0 aromatic rings. The number of carbonyl (C=O) groups excluding carboxylic acids is 1. The maximum atomic E-state index is 11.0.